The smallest absolute Gasteiger partial charge is 0.0290 e. The molecule has 2 aliphatic rings. The summed E-state index contributed by atoms with van der Waals surface area (Å²) >= 11 is 1.99. The van der Waals surface area contributed by atoms with Crippen molar-refractivity contribution in [3.63, 3.8) is 0 Å². The van der Waals surface area contributed by atoms with Crippen LogP contribution in [0.4, 0.5) is 0 Å². The molecule has 0 aromatic carbocycles. The van der Waals surface area contributed by atoms with E-state index in [0.29, 0.717) is 4.75 Å². The second-order valence-corrected chi connectivity index (χ2v) is 5.93. The van der Waals surface area contributed by atoms with Gasteiger partial charge in [-0.05, 0) is 37.4 Å². The predicted octanol–water partition coefficient (Wildman–Crippen LogP) is 2.40. The summed E-state index contributed by atoms with van der Waals surface area (Å²) in [6.07, 6.45) is 10.9. The Labute approximate surface area is 79.5 Å². The summed E-state index contributed by atoms with van der Waals surface area (Å²) in [6.45, 7) is 0.885. The standard InChI is InChI=1S/C10H19NS/c1-12-10(8-11)6-9(7-10)4-2-3-5-9/h2-8,11H2,1H3. The van der Waals surface area contributed by atoms with Crippen molar-refractivity contribution in [3.05, 3.63) is 0 Å². The Morgan fingerprint density at radius 1 is 1.25 bits per heavy atom. The minimum Gasteiger partial charge on any atom is -0.329 e. The average molecular weight is 185 g/mol. The molecular weight excluding hydrogens is 166 g/mol. The summed E-state index contributed by atoms with van der Waals surface area (Å²) in [6, 6.07) is 0. The van der Waals surface area contributed by atoms with Crippen LogP contribution in [0.2, 0.25) is 0 Å². The lowest BCUT2D eigenvalue weighted by Gasteiger charge is -2.54. The van der Waals surface area contributed by atoms with Crippen LogP contribution in [0.1, 0.15) is 38.5 Å². The molecular formula is C10H19NS. The fourth-order valence-electron chi connectivity index (χ4n) is 3.17. The highest BCUT2D eigenvalue weighted by Gasteiger charge is 2.53. The van der Waals surface area contributed by atoms with E-state index in [2.05, 4.69) is 6.26 Å². The van der Waals surface area contributed by atoms with Gasteiger partial charge in [-0.25, -0.2) is 0 Å². The van der Waals surface area contributed by atoms with Crippen molar-refractivity contribution >= 4 is 11.8 Å². The van der Waals surface area contributed by atoms with Crippen molar-refractivity contribution in [2.24, 2.45) is 11.1 Å². The molecule has 0 saturated heterocycles. The van der Waals surface area contributed by atoms with E-state index in [1.807, 2.05) is 11.8 Å². The lowest BCUT2D eigenvalue weighted by Crippen LogP contribution is -2.52. The van der Waals surface area contributed by atoms with Gasteiger partial charge in [-0.15, -0.1) is 0 Å². The van der Waals surface area contributed by atoms with E-state index in [1.165, 1.54) is 38.5 Å². The van der Waals surface area contributed by atoms with Crippen molar-refractivity contribution in [1.29, 1.82) is 0 Å². The number of hydrogen-bond donors (Lipinski definition) is 1. The van der Waals surface area contributed by atoms with Crippen LogP contribution >= 0.6 is 11.8 Å². The maximum absolute atomic E-state index is 5.81. The van der Waals surface area contributed by atoms with Gasteiger partial charge in [0.2, 0.25) is 0 Å². The quantitative estimate of drug-likeness (QED) is 0.715. The van der Waals surface area contributed by atoms with Crippen molar-refractivity contribution in [3.8, 4) is 0 Å². The van der Waals surface area contributed by atoms with Crippen molar-refractivity contribution in [2.45, 2.75) is 43.3 Å². The Hall–Kier alpha value is 0.310. The van der Waals surface area contributed by atoms with Gasteiger partial charge < -0.3 is 5.73 Å². The zero-order valence-electron chi connectivity index (χ0n) is 7.94. The maximum Gasteiger partial charge on any atom is 0.0290 e. The molecule has 0 radical (unpaired) electrons. The molecule has 12 heavy (non-hydrogen) atoms. The summed E-state index contributed by atoms with van der Waals surface area (Å²) in [5.74, 6) is 0. The SMILES string of the molecule is CSC1(CN)CC2(CCCC2)C1. The second kappa shape index (κ2) is 2.91. The van der Waals surface area contributed by atoms with E-state index < -0.39 is 0 Å². The molecule has 0 amide bonds. The minimum absolute atomic E-state index is 0.477. The molecule has 1 nitrogen and oxygen atoms in total. The molecule has 0 aliphatic heterocycles. The number of nitrogens with two attached hydrogens (primary N) is 1. The van der Waals surface area contributed by atoms with Crippen LogP contribution in [-0.2, 0) is 0 Å². The molecule has 2 fully saturated rings. The molecule has 2 saturated carbocycles. The summed E-state index contributed by atoms with van der Waals surface area (Å²) in [4.78, 5) is 0. The summed E-state index contributed by atoms with van der Waals surface area (Å²) < 4.78 is 0.477. The molecule has 2 heteroatoms. The maximum atomic E-state index is 5.81. The van der Waals surface area contributed by atoms with Crippen LogP contribution in [0.3, 0.4) is 0 Å². The average Bonchev–Trinajstić information content (AvgIpc) is 2.49. The summed E-state index contributed by atoms with van der Waals surface area (Å²) in [7, 11) is 0. The van der Waals surface area contributed by atoms with E-state index in [9.17, 15) is 0 Å². The fourth-order valence-corrected chi connectivity index (χ4v) is 4.23. The Morgan fingerprint density at radius 2 is 1.83 bits per heavy atom. The molecule has 1 spiro atoms. The van der Waals surface area contributed by atoms with E-state index in [4.69, 9.17) is 5.73 Å². The van der Waals surface area contributed by atoms with E-state index in [1.54, 1.807) is 0 Å². The molecule has 0 heterocycles. The lowest BCUT2D eigenvalue weighted by atomic mass is 9.60. The van der Waals surface area contributed by atoms with Crippen molar-refractivity contribution in [1.82, 2.24) is 0 Å². The first-order valence-corrected chi connectivity index (χ1v) is 6.22. The first-order chi connectivity index (χ1) is 5.74. The Kier molecular flexibility index (Phi) is 2.16. The topological polar surface area (TPSA) is 26.0 Å². The first kappa shape index (κ1) is 8.89. The molecule has 0 unspecified atom stereocenters. The van der Waals surface area contributed by atoms with Gasteiger partial charge in [0, 0.05) is 11.3 Å². The third-order valence-electron chi connectivity index (χ3n) is 3.86. The monoisotopic (exact) mass is 185 g/mol. The third-order valence-corrected chi connectivity index (χ3v) is 5.18. The summed E-state index contributed by atoms with van der Waals surface area (Å²) in [5, 5.41) is 0. The molecule has 2 aliphatic carbocycles. The van der Waals surface area contributed by atoms with Gasteiger partial charge in [-0.1, -0.05) is 12.8 Å². The normalized spacial score (nSPS) is 30.5. The van der Waals surface area contributed by atoms with Gasteiger partial charge >= 0.3 is 0 Å². The van der Waals surface area contributed by atoms with E-state index >= 15 is 0 Å². The second-order valence-electron chi connectivity index (χ2n) is 4.65. The van der Waals surface area contributed by atoms with Crippen LogP contribution in [0, 0.1) is 5.41 Å². The number of rotatable bonds is 2. The molecule has 70 valence electrons. The molecule has 2 rings (SSSR count). The van der Waals surface area contributed by atoms with Crippen molar-refractivity contribution < 1.29 is 0 Å². The predicted molar refractivity (Wildman–Crippen MR) is 55.4 cm³/mol. The van der Waals surface area contributed by atoms with E-state index in [-0.39, 0.29) is 0 Å². The van der Waals surface area contributed by atoms with Crippen LogP contribution in [0.15, 0.2) is 0 Å². The van der Waals surface area contributed by atoms with Crippen LogP contribution in [0.25, 0.3) is 0 Å². The Morgan fingerprint density at radius 3 is 2.25 bits per heavy atom. The van der Waals surface area contributed by atoms with Gasteiger partial charge in [-0.3, -0.25) is 0 Å². The van der Waals surface area contributed by atoms with Crippen LogP contribution in [0.5, 0.6) is 0 Å². The van der Waals surface area contributed by atoms with Gasteiger partial charge in [0.1, 0.15) is 0 Å². The largest absolute Gasteiger partial charge is 0.329 e. The van der Waals surface area contributed by atoms with Gasteiger partial charge in [0.25, 0.3) is 0 Å². The van der Waals surface area contributed by atoms with Crippen LogP contribution in [-0.4, -0.2) is 17.5 Å². The molecule has 0 atom stereocenters. The van der Waals surface area contributed by atoms with Gasteiger partial charge in [0.15, 0.2) is 0 Å². The Bertz CT molecular complexity index is 157. The van der Waals surface area contributed by atoms with Crippen molar-refractivity contribution in [2.75, 3.05) is 12.8 Å². The number of thioether (sulfide) groups is 1. The van der Waals surface area contributed by atoms with E-state index in [0.717, 1.165) is 12.0 Å². The summed E-state index contributed by atoms with van der Waals surface area (Å²) in [5.41, 5.74) is 6.56. The minimum atomic E-state index is 0.477. The molecule has 0 aromatic rings. The zero-order chi connectivity index (χ0) is 8.66. The first-order valence-electron chi connectivity index (χ1n) is 5.00. The molecule has 0 aromatic heterocycles. The van der Waals surface area contributed by atoms with Gasteiger partial charge in [0.05, 0.1) is 0 Å². The zero-order valence-corrected chi connectivity index (χ0v) is 8.75. The van der Waals surface area contributed by atoms with Gasteiger partial charge in [-0.2, -0.15) is 11.8 Å². The highest BCUT2D eigenvalue weighted by atomic mass is 32.2. The third kappa shape index (κ3) is 1.20. The highest BCUT2D eigenvalue weighted by Crippen LogP contribution is 2.61. The van der Waals surface area contributed by atoms with Crippen LogP contribution < -0.4 is 5.73 Å². The molecule has 2 N–H and O–H groups in total. The lowest BCUT2D eigenvalue weighted by molar-refractivity contribution is 0.0937. The highest BCUT2D eigenvalue weighted by molar-refractivity contribution is 8.00. The Balaban J connectivity index is 1.96. The fraction of sp³-hybridized carbons (Fsp3) is 1.00. The molecule has 0 bridgehead atoms. The number of hydrogen-bond acceptors (Lipinski definition) is 2.